The van der Waals surface area contributed by atoms with Gasteiger partial charge in [-0.15, -0.1) is 11.3 Å². The third kappa shape index (κ3) is 5.04. The number of nitrogens with zero attached hydrogens (tertiary/aromatic N) is 2. The lowest BCUT2D eigenvalue weighted by atomic mass is 10.1. The van der Waals surface area contributed by atoms with Crippen LogP contribution in [-0.4, -0.2) is 4.57 Å². The topological polar surface area (TPSA) is 8.81 Å². The van der Waals surface area contributed by atoms with Gasteiger partial charge in [0.15, 0.2) is 0 Å². The first kappa shape index (κ1) is 15.3. The summed E-state index contributed by atoms with van der Waals surface area (Å²) in [6, 6.07) is 2.23. The third-order valence-electron chi connectivity index (χ3n) is 3.16. The molecule has 2 aromatic rings. The van der Waals surface area contributed by atoms with E-state index < -0.39 is 0 Å². The first-order valence-corrected chi connectivity index (χ1v) is 9.00. The van der Waals surface area contributed by atoms with Crippen molar-refractivity contribution in [2.24, 2.45) is 7.05 Å². The highest BCUT2D eigenvalue weighted by Gasteiger charge is 2.05. The Morgan fingerprint density at radius 3 is 2.63 bits per heavy atom. The van der Waals surface area contributed by atoms with E-state index in [2.05, 4.69) is 72.8 Å². The van der Waals surface area contributed by atoms with Crippen molar-refractivity contribution in [3.8, 4) is 0 Å². The SMILES string of the molecule is C[n+]1ccn(CCCCCCc2cc(Br)sc2Br)c1. The monoisotopic (exact) mass is 405 g/mol. The van der Waals surface area contributed by atoms with Crippen molar-refractivity contribution in [3.63, 3.8) is 0 Å². The molecule has 104 valence electrons. The molecule has 0 atom stereocenters. The van der Waals surface area contributed by atoms with Gasteiger partial charge in [-0.2, -0.15) is 0 Å². The fourth-order valence-corrected chi connectivity index (χ4v) is 5.06. The van der Waals surface area contributed by atoms with Gasteiger partial charge in [-0.3, -0.25) is 0 Å². The molecule has 2 rings (SSSR count). The molecule has 2 aromatic heterocycles. The summed E-state index contributed by atoms with van der Waals surface area (Å²) in [5.41, 5.74) is 1.44. The van der Waals surface area contributed by atoms with Crippen molar-refractivity contribution in [2.45, 2.75) is 38.6 Å². The minimum absolute atomic E-state index is 1.13. The summed E-state index contributed by atoms with van der Waals surface area (Å²) < 4.78 is 6.84. The zero-order chi connectivity index (χ0) is 13.7. The van der Waals surface area contributed by atoms with E-state index in [0.717, 1.165) is 6.54 Å². The van der Waals surface area contributed by atoms with E-state index >= 15 is 0 Å². The lowest BCUT2D eigenvalue weighted by Crippen LogP contribution is -2.23. The lowest BCUT2D eigenvalue weighted by molar-refractivity contribution is -0.671. The predicted molar refractivity (Wildman–Crippen MR) is 87.5 cm³/mol. The van der Waals surface area contributed by atoms with Crippen LogP contribution in [0.5, 0.6) is 0 Å². The Bertz CT molecular complexity index is 519. The lowest BCUT2D eigenvalue weighted by Gasteiger charge is -2.00. The minimum Gasteiger partial charge on any atom is -0.240 e. The molecule has 5 heteroatoms. The molecule has 0 aliphatic rings. The quantitative estimate of drug-likeness (QED) is 0.465. The normalized spacial score (nSPS) is 11.1. The summed E-state index contributed by atoms with van der Waals surface area (Å²) in [5, 5.41) is 0. The number of rotatable bonds is 7. The Balaban J connectivity index is 1.58. The van der Waals surface area contributed by atoms with Gasteiger partial charge < -0.3 is 0 Å². The van der Waals surface area contributed by atoms with Crippen LogP contribution >= 0.6 is 43.2 Å². The molecule has 0 aliphatic heterocycles. The summed E-state index contributed by atoms with van der Waals surface area (Å²) in [6.07, 6.45) is 12.7. The number of hydrogen-bond acceptors (Lipinski definition) is 1. The molecule has 19 heavy (non-hydrogen) atoms. The van der Waals surface area contributed by atoms with Gasteiger partial charge >= 0.3 is 0 Å². The molecule has 0 saturated carbocycles. The molecule has 0 unspecified atom stereocenters. The van der Waals surface area contributed by atoms with Gasteiger partial charge in [-0.05, 0) is 69.2 Å². The van der Waals surface area contributed by atoms with Gasteiger partial charge in [0.05, 0.1) is 21.2 Å². The first-order chi connectivity index (χ1) is 9.15. The van der Waals surface area contributed by atoms with Gasteiger partial charge in [-0.25, -0.2) is 9.13 Å². The molecule has 0 N–H and O–H groups in total. The molecule has 0 aliphatic carbocycles. The van der Waals surface area contributed by atoms with E-state index in [1.165, 1.54) is 45.2 Å². The molecule has 0 amide bonds. The van der Waals surface area contributed by atoms with Crippen molar-refractivity contribution >= 4 is 43.2 Å². The second-order valence-electron chi connectivity index (χ2n) is 4.83. The van der Waals surface area contributed by atoms with Gasteiger partial charge in [0.25, 0.3) is 0 Å². The molecule has 2 nitrogen and oxygen atoms in total. The molecule has 0 fully saturated rings. The molecule has 0 radical (unpaired) electrons. The standard InChI is InChI=1S/C14H19Br2N2S/c1-17-8-9-18(11-17)7-5-3-2-4-6-12-10-13(15)19-14(12)16/h8-11H,2-7H2,1H3/q+1. The molecule has 0 saturated heterocycles. The molecule has 0 spiro atoms. The van der Waals surface area contributed by atoms with Crippen LogP contribution in [0, 0.1) is 0 Å². The van der Waals surface area contributed by atoms with Crippen molar-refractivity contribution < 1.29 is 4.57 Å². The van der Waals surface area contributed by atoms with Crippen LogP contribution in [0.3, 0.4) is 0 Å². The average molecular weight is 407 g/mol. The van der Waals surface area contributed by atoms with Crippen LogP contribution in [0.4, 0.5) is 0 Å². The summed E-state index contributed by atoms with van der Waals surface area (Å²) in [4.78, 5) is 0. The van der Waals surface area contributed by atoms with Crippen molar-refractivity contribution in [3.05, 3.63) is 37.9 Å². The Morgan fingerprint density at radius 2 is 2.00 bits per heavy atom. The Labute approximate surface area is 135 Å². The number of aryl methyl sites for hydroxylation is 3. The second-order valence-corrected chi connectivity index (χ2v) is 8.58. The summed E-state index contributed by atoms with van der Waals surface area (Å²) in [5.74, 6) is 0. The number of hydrogen-bond donors (Lipinski definition) is 0. The average Bonchev–Trinajstić information content (AvgIpc) is 2.90. The van der Waals surface area contributed by atoms with Gasteiger partial charge in [0.2, 0.25) is 6.33 Å². The zero-order valence-corrected chi connectivity index (χ0v) is 15.1. The van der Waals surface area contributed by atoms with E-state index in [1.807, 2.05) is 0 Å². The summed E-state index contributed by atoms with van der Waals surface area (Å²) >= 11 is 8.91. The maximum atomic E-state index is 3.62. The number of imidazole rings is 1. The molecular formula is C14H19Br2N2S+. The van der Waals surface area contributed by atoms with Gasteiger partial charge in [0.1, 0.15) is 12.4 Å². The fraction of sp³-hybridized carbons (Fsp3) is 0.500. The van der Waals surface area contributed by atoms with E-state index in [0.29, 0.717) is 0 Å². The Hall–Kier alpha value is -0.130. The van der Waals surface area contributed by atoms with E-state index in [9.17, 15) is 0 Å². The highest BCUT2D eigenvalue weighted by atomic mass is 79.9. The zero-order valence-electron chi connectivity index (χ0n) is 11.1. The highest BCUT2D eigenvalue weighted by Crippen LogP contribution is 2.32. The number of unbranched alkanes of at least 4 members (excludes halogenated alkanes) is 3. The van der Waals surface area contributed by atoms with Crippen molar-refractivity contribution in [1.82, 2.24) is 4.57 Å². The number of halogens is 2. The molecule has 2 heterocycles. The largest absolute Gasteiger partial charge is 0.243 e. The van der Waals surface area contributed by atoms with Crippen LogP contribution in [0.2, 0.25) is 0 Å². The highest BCUT2D eigenvalue weighted by molar-refractivity contribution is 9.12. The smallest absolute Gasteiger partial charge is 0.240 e. The second kappa shape index (κ2) is 7.60. The maximum absolute atomic E-state index is 3.62. The van der Waals surface area contributed by atoms with Gasteiger partial charge in [-0.1, -0.05) is 6.42 Å². The van der Waals surface area contributed by atoms with Crippen LogP contribution < -0.4 is 4.57 Å². The predicted octanol–water partition coefficient (Wildman–Crippen LogP) is 4.70. The van der Waals surface area contributed by atoms with Gasteiger partial charge in [0, 0.05) is 0 Å². The van der Waals surface area contributed by atoms with E-state index in [1.54, 1.807) is 11.3 Å². The van der Waals surface area contributed by atoms with Crippen LogP contribution in [0.25, 0.3) is 0 Å². The van der Waals surface area contributed by atoms with E-state index in [-0.39, 0.29) is 0 Å². The fourth-order valence-electron chi connectivity index (χ4n) is 2.14. The first-order valence-electron chi connectivity index (χ1n) is 6.60. The van der Waals surface area contributed by atoms with Crippen LogP contribution in [0.15, 0.2) is 32.4 Å². The maximum Gasteiger partial charge on any atom is 0.243 e. The molecule has 0 bridgehead atoms. The third-order valence-corrected chi connectivity index (χ3v) is 5.63. The van der Waals surface area contributed by atoms with Crippen molar-refractivity contribution in [1.29, 1.82) is 0 Å². The molecular weight excluding hydrogens is 388 g/mol. The van der Waals surface area contributed by atoms with Crippen LogP contribution in [-0.2, 0) is 20.0 Å². The summed E-state index contributed by atoms with van der Waals surface area (Å²) in [7, 11) is 2.06. The number of aromatic nitrogens is 2. The van der Waals surface area contributed by atoms with E-state index in [4.69, 9.17) is 0 Å². The number of thiophene rings is 1. The van der Waals surface area contributed by atoms with Crippen LogP contribution in [0.1, 0.15) is 31.2 Å². The molecule has 0 aromatic carbocycles. The summed E-state index contributed by atoms with van der Waals surface area (Å²) in [6.45, 7) is 1.13. The Kier molecular flexibility index (Phi) is 6.10. The van der Waals surface area contributed by atoms with Crippen molar-refractivity contribution in [2.75, 3.05) is 0 Å². The minimum atomic E-state index is 1.13. The Morgan fingerprint density at radius 1 is 1.21 bits per heavy atom.